The number of anilines is 1. The molecule has 1 saturated heterocycles. The Bertz CT molecular complexity index is 1300. The predicted molar refractivity (Wildman–Crippen MR) is 131 cm³/mol. The number of methoxy groups -OCH3 is 1. The van der Waals surface area contributed by atoms with Crippen LogP contribution in [0.15, 0.2) is 71.6 Å². The van der Waals surface area contributed by atoms with E-state index in [9.17, 15) is 17.6 Å². The summed E-state index contributed by atoms with van der Waals surface area (Å²) in [4.78, 5) is 13.1. The third kappa shape index (κ3) is 5.93. The molecule has 10 heteroatoms. The van der Waals surface area contributed by atoms with Gasteiger partial charge in [0.15, 0.2) is 5.75 Å². The number of benzene rings is 3. The van der Waals surface area contributed by atoms with Crippen LogP contribution in [0.5, 0.6) is 17.2 Å². The lowest BCUT2D eigenvalue weighted by Crippen LogP contribution is -2.43. The molecule has 7 nitrogen and oxygen atoms in total. The largest absolute Gasteiger partial charge is 0.497 e. The third-order valence-corrected chi connectivity index (χ3v) is 7.81. The molecule has 0 saturated carbocycles. The van der Waals surface area contributed by atoms with Gasteiger partial charge in [-0.2, -0.15) is 4.31 Å². The van der Waals surface area contributed by atoms with Crippen molar-refractivity contribution >= 4 is 33.2 Å². The summed E-state index contributed by atoms with van der Waals surface area (Å²) in [5.41, 5.74) is 0.372. The predicted octanol–water partition coefficient (Wildman–Crippen LogP) is 5.32. The van der Waals surface area contributed by atoms with Gasteiger partial charge < -0.3 is 14.8 Å². The van der Waals surface area contributed by atoms with E-state index in [1.807, 2.05) is 0 Å². The number of sulfonamides is 1. The fourth-order valence-corrected chi connectivity index (χ4v) is 5.52. The Morgan fingerprint density at radius 3 is 2.43 bits per heavy atom. The maximum absolute atomic E-state index is 13.2. The summed E-state index contributed by atoms with van der Waals surface area (Å²) in [5.74, 6) is 0.170. The average molecular weight is 519 g/mol. The van der Waals surface area contributed by atoms with Gasteiger partial charge in [-0.15, -0.1) is 0 Å². The Morgan fingerprint density at radius 2 is 1.74 bits per heavy atom. The number of nitrogens with zero attached hydrogens (tertiary/aromatic N) is 1. The number of hydrogen-bond donors (Lipinski definition) is 1. The van der Waals surface area contributed by atoms with Crippen LogP contribution < -0.4 is 14.8 Å². The average Bonchev–Trinajstić information content (AvgIpc) is 2.86. The van der Waals surface area contributed by atoms with Gasteiger partial charge in [0.2, 0.25) is 15.9 Å². The second-order valence-corrected chi connectivity index (χ2v) is 10.4. The van der Waals surface area contributed by atoms with E-state index in [1.54, 1.807) is 49.6 Å². The van der Waals surface area contributed by atoms with Crippen molar-refractivity contribution < 1.29 is 27.1 Å². The molecule has 0 aromatic heterocycles. The monoisotopic (exact) mass is 518 g/mol. The lowest BCUT2D eigenvalue weighted by atomic mass is 9.98. The molecule has 4 rings (SSSR count). The Morgan fingerprint density at radius 1 is 1.06 bits per heavy atom. The highest BCUT2D eigenvalue weighted by Crippen LogP contribution is 2.34. The Kier molecular flexibility index (Phi) is 7.59. The van der Waals surface area contributed by atoms with Gasteiger partial charge in [0.1, 0.15) is 17.3 Å². The molecule has 1 N–H and O–H groups in total. The van der Waals surface area contributed by atoms with Crippen LogP contribution in [0.4, 0.5) is 10.1 Å². The Balaban J connectivity index is 1.49. The van der Waals surface area contributed by atoms with Crippen molar-refractivity contribution in [2.75, 3.05) is 25.5 Å². The van der Waals surface area contributed by atoms with Crippen LogP contribution in [0.1, 0.15) is 12.8 Å². The van der Waals surface area contributed by atoms with Gasteiger partial charge >= 0.3 is 0 Å². The second-order valence-electron chi connectivity index (χ2n) is 8.06. The minimum absolute atomic E-state index is 0.00928. The number of hydrogen-bond acceptors (Lipinski definition) is 5. The van der Waals surface area contributed by atoms with E-state index in [-0.39, 0.29) is 23.9 Å². The molecule has 1 atom stereocenters. The molecule has 1 amide bonds. The van der Waals surface area contributed by atoms with E-state index in [0.717, 1.165) is 12.1 Å². The quantitative estimate of drug-likeness (QED) is 0.457. The zero-order valence-electron chi connectivity index (χ0n) is 18.9. The number of carbonyl (C=O) groups is 1. The SMILES string of the molecule is COc1ccc(Oc2ccc(Cl)cc2NC(=O)C2CCCN(S(=O)(=O)c3ccc(F)cc3)C2)cc1. The van der Waals surface area contributed by atoms with Crippen molar-refractivity contribution in [1.29, 1.82) is 0 Å². The van der Waals surface area contributed by atoms with Crippen LogP contribution in [-0.4, -0.2) is 38.8 Å². The first-order valence-corrected chi connectivity index (χ1v) is 12.8. The van der Waals surface area contributed by atoms with Crippen molar-refractivity contribution in [2.45, 2.75) is 17.7 Å². The summed E-state index contributed by atoms with van der Waals surface area (Å²) in [6.07, 6.45) is 1.04. The molecule has 3 aromatic carbocycles. The lowest BCUT2D eigenvalue weighted by Gasteiger charge is -2.31. The number of nitrogens with one attached hydrogen (secondary N) is 1. The van der Waals surface area contributed by atoms with E-state index in [4.69, 9.17) is 21.1 Å². The minimum Gasteiger partial charge on any atom is -0.497 e. The maximum atomic E-state index is 13.2. The van der Waals surface area contributed by atoms with E-state index >= 15 is 0 Å². The van der Waals surface area contributed by atoms with Crippen LogP contribution in [0.25, 0.3) is 0 Å². The van der Waals surface area contributed by atoms with Crippen molar-refractivity contribution in [3.63, 3.8) is 0 Å². The van der Waals surface area contributed by atoms with E-state index in [2.05, 4.69) is 5.32 Å². The summed E-state index contributed by atoms with van der Waals surface area (Å²) in [6.45, 7) is 0.299. The number of ether oxygens (including phenoxy) is 2. The summed E-state index contributed by atoms with van der Waals surface area (Å²) in [5, 5.41) is 3.25. The Hall–Kier alpha value is -3.14. The van der Waals surface area contributed by atoms with Crippen molar-refractivity contribution in [2.24, 2.45) is 5.92 Å². The zero-order chi connectivity index (χ0) is 25.0. The molecule has 1 aliphatic heterocycles. The first kappa shape index (κ1) is 25.0. The number of rotatable bonds is 7. The second kappa shape index (κ2) is 10.6. The van der Waals surface area contributed by atoms with Crippen LogP contribution >= 0.6 is 11.6 Å². The lowest BCUT2D eigenvalue weighted by molar-refractivity contribution is -0.120. The zero-order valence-corrected chi connectivity index (χ0v) is 20.5. The Labute approximate surface area is 208 Å². The highest BCUT2D eigenvalue weighted by molar-refractivity contribution is 7.89. The molecule has 184 valence electrons. The van der Waals surface area contributed by atoms with Crippen LogP contribution in [0.3, 0.4) is 0 Å². The topological polar surface area (TPSA) is 84.9 Å². The highest BCUT2D eigenvalue weighted by atomic mass is 35.5. The van der Waals surface area contributed by atoms with Gasteiger partial charge in [-0.05, 0) is 79.6 Å². The molecular weight excluding hydrogens is 495 g/mol. The molecule has 1 heterocycles. The van der Waals surface area contributed by atoms with Gasteiger partial charge in [-0.3, -0.25) is 4.79 Å². The summed E-state index contributed by atoms with van der Waals surface area (Å²) < 4.78 is 51.6. The van der Waals surface area contributed by atoms with Crippen LogP contribution in [-0.2, 0) is 14.8 Å². The third-order valence-electron chi connectivity index (χ3n) is 5.69. The first-order chi connectivity index (χ1) is 16.8. The normalized spacial score (nSPS) is 16.5. The molecule has 3 aromatic rings. The first-order valence-electron chi connectivity index (χ1n) is 10.9. The number of piperidine rings is 1. The van der Waals surface area contributed by atoms with E-state index in [1.165, 1.54) is 16.4 Å². The number of amides is 1. The molecule has 0 aliphatic carbocycles. The molecule has 1 aliphatic rings. The highest BCUT2D eigenvalue weighted by Gasteiger charge is 2.33. The van der Waals surface area contributed by atoms with Crippen molar-refractivity contribution in [3.05, 3.63) is 77.6 Å². The van der Waals surface area contributed by atoms with Crippen LogP contribution in [0.2, 0.25) is 5.02 Å². The van der Waals surface area contributed by atoms with E-state index in [0.29, 0.717) is 40.8 Å². The van der Waals surface area contributed by atoms with E-state index < -0.39 is 21.8 Å². The molecule has 0 spiro atoms. The standard InChI is InChI=1S/C25H24ClFN2O5S/c1-33-20-7-9-21(10-8-20)34-24-13-4-18(26)15-23(24)28-25(30)17-3-2-14-29(16-17)35(31,32)22-11-5-19(27)6-12-22/h4-13,15,17H,2-3,14,16H2,1H3,(H,28,30). The smallest absolute Gasteiger partial charge is 0.243 e. The minimum atomic E-state index is -3.85. The fraction of sp³-hybridized carbons (Fsp3) is 0.240. The van der Waals surface area contributed by atoms with Gasteiger partial charge in [0.25, 0.3) is 0 Å². The number of halogens is 2. The van der Waals surface area contributed by atoms with Crippen molar-refractivity contribution in [3.8, 4) is 17.2 Å². The molecule has 0 radical (unpaired) electrons. The summed E-state index contributed by atoms with van der Waals surface area (Å²) in [6, 6.07) is 16.5. The summed E-state index contributed by atoms with van der Waals surface area (Å²) >= 11 is 6.15. The molecular formula is C25H24ClFN2O5S. The van der Waals surface area contributed by atoms with Gasteiger partial charge in [0, 0.05) is 18.1 Å². The molecule has 1 fully saturated rings. The molecule has 1 unspecified atom stereocenters. The maximum Gasteiger partial charge on any atom is 0.243 e. The van der Waals surface area contributed by atoms with Gasteiger partial charge in [-0.1, -0.05) is 11.6 Å². The van der Waals surface area contributed by atoms with Gasteiger partial charge in [-0.25, -0.2) is 12.8 Å². The van der Waals surface area contributed by atoms with Crippen molar-refractivity contribution in [1.82, 2.24) is 4.31 Å². The fourth-order valence-electron chi connectivity index (χ4n) is 3.82. The van der Waals surface area contributed by atoms with Gasteiger partial charge in [0.05, 0.1) is 23.6 Å². The summed E-state index contributed by atoms with van der Waals surface area (Å²) in [7, 11) is -2.28. The number of carbonyl (C=O) groups excluding carboxylic acids is 1. The van der Waals surface area contributed by atoms with Crippen LogP contribution in [0, 0.1) is 11.7 Å². The molecule has 0 bridgehead atoms. The molecule has 35 heavy (non-hydrogen) atoms.